The van der Waals surface area contributed by atoms with Crippen LogP contribution in [0.3, 0.4) is 0 Å². The van der Waals surface area contributed by atoms with Crippen molar-refractivity contribution in [2.24, 2.45) is 5.92 Å². The third-order valence-electron chi connectivity index (χ3n) is 4.37. The lowest BCUT2D eigenvalue weighted by atomic mass is 9.94. The van der Waals surface area contributed by atoms with E-state index in [0.29, 0.717) is 0 Å². The number of hydrogen-bond donors (Lipinski definition) is 0. The largest absolute Gasteiger partial charge is 0.370 e. The molecular weight excluding hydrogens is 288 g/mol. The number of rotatable bonds is 3. The third kappa shape index (κ3) is 3.33. The normalized spacial score (nSPS) is 15.5. The first-order valence-corrected chi connectivity index (χ1v) is 7.98. The van der Waals surface area contributed by atoms with Gasteiger partial charge in [-0.3, -0.25) is 14.8 Å². The van der Waals surface area contributed by atoms with Crippen molar-refractivity contribution in [3.8, 4) is 11.3 Å². The van der Waals surface area contributed by atoms with Gasteiger partial charge in [-0.25, -0.2) is 0 Å². The molecule has 0 saturated carbocycles. The maximum absolute atomic E-state index is 12.1. The maximum Gasteiger partial charge on any atom is 0.225 e. The number of anilines is 1. The summed E-state index contributed by atoms with van der Waals surface area (Å²) in [5.74, 6) is 0.372. The second-order valence-electron chi connectivity index (χ2n) is 6.10. The lowest BCUT2D eigenvalue weighted by molar-refractivity contribution is -0.133. The first-order chi connectivity index (χ1) is 11.2. The summed E-state index contributed by atoms with van der Waals surface area (Å²) in [4.78, 5) is 24.9. The Bertz CT molecular complexity index is 664. The molecule has 1 aliphatic heterocycles. The molecule has 1 aliphatic rings. The van der Waals surface area contributed by atoms with E-state index in [2.05, 4.69) is 14.9 Å². The number of piperidine rings is 1. The number of pyridine rings is 2. The molecule has 0 spiro atoms. The summed E-state index contributed by atoms with van der Waals surface area (Å²) in [5.41, 5.74) is 3.15. The topological polar surface area (TPSA) is 49.3 Å². The van der Waals surface area contributed by atoms with Crippen molar-refractivity contribution in [2.45, 2.75) is 12.8 Å². The zero-order valence-electron chi connectivity index (χ0n) is 13.6. The number of carbonyl (C=O) groups excluding carboxylic acids is 1. The predicted molar refractivity (Wildman–Crippen MR) is 91.1 cm³/mol. The molecule has 0 N–H and O–H groups in total. The van der Waals surface area contributed by atoms with Crippen molar-refractivity contribution in [3.63, 3.8) is 0 Å². The first kappa shape index (κ1) is 15.5. The second kappa shape index (κ2) is 6.77. The zero-order chi connectivity index (χ0) is 16.2. The highest BCUT2D eigenvalue weighted by Crippen LogP contribution is 2.31. The van der Waals surface area contributed by atoms with E-state index >= 15 is 0 Å². The fraction of sp³-hybridized carbons (Fsp3) is 0.389. The van der Waals surface area contributed by atoms with Crippen LogP contribution in [0, 0.1) is 5.92 Å². The van der Waals surface area contributed by atoms with Crippen LogP contribution in [0.4, 0.5) is 5.69 Å². The maximum atomic E-state index is 12.1. The van der Waals surface area contributed by atoms with E-state index in [1.54, 1.807) is 11.1 Å². The zero-order valence-corrected chi connectivity index (χ0v) is 13.6. The van der Waals surface area contributed by atoms with Crippen LogP contribution in [-0.4, -0.2) is 48.0 Å². The predicted octanol–water partition coefficient (Wildman–Crippen LogP) is 2.45. The first-order valence-electron chi connectivity index (χ1n) is 7.98. The van der Waals surface area contributed by atoms with Gasteiger partial charge in [0.15, 0.2) is 0 Å². The van der Waals surface area contributed by atoms with Crippen LogP contribution < -0.4 is 4.90 Å². The minimum Gasteiger partial charge on any atom is -0.370 e. The molecule has 5 nitrogen and oxygen atoms in total. The van der Waals surface area contributed by atoms with E-state index in [1.807, 2.05) is 50.8 Å². The molecule has 5 heteroatoms. The van der Waals surface area contributed by atoms with Crippen molar-refractivity contribution >= 4 is 11.6 Å². The molecule has 120 valence electrons. The van der Waals surface area contributed by atoms with Gasteiger partial charge in [0.25, 0.3) is 0 Å². The Morgan fingerprint density at radius 1 is 1.17 bits per heavy atom. The van der Waals surface area contributed by atoms with Gasteiger partial charge in [-0.15, -0.1) is 0 Å². The Morgan fingerprint density at radius 2 is 1.96 bits per heavy atom. The van der Waals surface area contributed by atoms with Crippen molar-refractivity contribution < 1.29 is 4.79 Å². The van der Waals surface area contributed by atoms with Crippen molar-refractivity contribution in [1.29, 1.82) is 0 Å². The molecule has 1 fully saturated rings. The monoisotopic (exact) mass is 310 g/mol. The van der Waals surface area contributed by atoms with Crippen LogP contribution in [0.5, 0.6) is 0 Å². The highest BCUT2D eigenvalue weighted by molar-refractivity contribution is 5.79. The molecule has 0 radical (unpaired) electrons. The smallest absolute Gasteiger partial charge is 0.225 e. The van der Waals surface area contributed by atoms with Gasteiger partial charge in [-0.1, -0.05) is 6.07 Å². The SMILES string of the molecule is CN(C)C(=O)C1CCN(c2cnccc2-c2ccccn2)CC1. The molecule has 2 aromatic heterocycles. The van der Waals surface area contributed by atoms with E-state index in [4.69, 9.17) is 0 Å². The van der Waals surface area contributed by atoms with Crippen LogP contribution in [0.25, 0.3) is 11.3 Å². The van der Waals surface area contributed by atoms with E-state index in [9.17, 15) is 4.79 Å². The molecule has 3 heterocycles. The van der Waals surface area contributed by atoms with E-state index in [-0.39, 0.29) is 11.8 Å². The molecule has 2 aromatic rings. The minimum atomic E-state index is 0.135. The van der Waals surface area contributed by atoms with Gasteiger partial charge in [-0.2, -0.15) is 0 Å². The Kier molecular flexibility index (Phi) is 4.55. The second-order valence-corrected chi connectivity index (χ2v) is 6.10. The van der Waals surface area contributed by atoms with Crippen molar-refractivity contribution in [3.05, 3.63) is 42.9 Å². The highest BCUT2D eigenvalue weighted by Gasteiger charge is 2.27. The number of aromatic nitrogens is 2. The van der Waals surface area contributed by atoms with Crippen LogP contribution in [0.15, 0.2) is 42.9 Å². The fourth-order valence-corrected chi connectivity index (χ4v) is 3.11. The molecular formula is C18H22N4O. The van der Waals surface area contributed by atoms with Crippen LogP contribution >= 0.6 is 0 Å². The molecule has 0 aliphatic carbocycles. The van der Waals surface area contributed by atoms with Crippen LogP contribution in [0.1, 0.15) is 12.8 Å². The van der Waals surface area contributed by atoms with E-state index in [0.717, 1.165) is 42.9 Å². The van der Waals surface area contributed by atoms with Crippen LogP contribution in [-0.2, 0) is 4.79 Å². The number of carbonyl (C=O) groups is 1. The molecule has 0 atom stereocenters. The fourth-order valence-electron chi connectivity index (χ4n) is 3.11. The Labute approximate surface area is 137 Å². The van der Waals surface area contributed by atoms with Gasteiger partial charge in [0.2, 0.25) is 5.91 Å². The van der Waals surface area contributed by atoms with Crippen LogP contribution in [0.2, 0.25) is 0 Å². The molecule has 0 aromatic carbocycles. The Morgan fingerprint density at radius 3 is 2.61 bits per heavy atom. The van der Waals surface area contributed by atoms with E-state index < -0.39 is 0 Å². The highest BCUT2D eigenvalue weighted by atomic mass is 16.2. The van der Waals surface area contributed by atoms with Gasteiger partial charge in [-0.05, 0) is 31.0 Å². The number of hydrogen-bond acceptors (Lipinski definition) is 4. The molecule has 1 saturated heterocycles. The molecule has 3 rings (SSSR count). The molecule has 23 heavy (non-hydrogen) atoms. The van der Waals surface area contributed by atoms with E-state index in [1.165, 1.54) is 0 Å². The summed E-state index contributed by atoms with van der Waals surface area (Å²) < 4.78 is 0. The average Bonchev–Trinajstić information content (AvgIpc) is 2.62. The lowest BCUT2D eigenvalue weighted by Gasteiger charge is -2.34. The standard InChI is InChI=1S/C18H22N4O/c1-21(2)18(23)14-7-11-22(12-8-14)17-13-19-10-6-15(17)16-5-3-4-9-20-16/h3-6,9-10,13-14H,7-8,11-12H2,1-2H3. The Balaban J connectivity index is 1.78. The summed E-state index contributed by atoms with van der Waals surface area (Å²) in [5, 5.41) is 0. The average molecular weight is 310 g/mol. The molecule has 0 bridgehead atoms. The lowest BCUT2D eigenvalue weighted by Crippen LogP contribution is -2.40. The molecule has 1 amide bonds. The summed E-state index contributed by atoms with van der Waals surface area (Å²) >= 11 is 0. The summed E-state index contributed by atoms with van der Waals surface area (Å²) in [6, 6.07) is 7.94. The number of nitrogens with zero attached hydrogens (tertiary/aromatic N) is 4. The number of amides is 1. The Hall–Kier alpha value is -2.43. The van der Waals surface area contributed by atoms with Gasteiger partial charge < -0.3 is 9.80 Å². The van der Waals surface area contributed by atoms with Gasteiger partial charge >= 0.3 is 0 Å². The summed E-state index contributed by atoms with van der Waals surface area (Å²) in [6.45, 7) is 1.74. The molecule has 0 unspecified atom stereocenters. The van der Waals surface area contributed by atoms with Crippen molar-refractivity contribution in [1.82, 2.24) is 14.9 Å². The third-order valence-corrected chi connectivity index (χ3v) is 4.37. The summed E-state index contributed by atoms with van der Waals surface area (Å²) in [6.07, 6.45) is 7.27. The van der Waals surface area contributed by atoms with Gasteiger partial charge in [0.1, 0.15) is 0 Å². The van der Waals surface area contributed by atoms with Crippen molar-refractivity contribution in [2.75, 3.05) is 32.1 Å². The quantitative estimate of drug-likeness (QED) is 0.874. The van der Waals surface area contributed by atoms with Gasteiger partial charge in [0.05, 0.1) is 17.6 Å². The summed E-state index contributed by atoms with van der Waals surface area (Å²) in [7, 11) is 3.66. The minimum absolute atomic E-state index is 0.135. The van der Waals surface area contributed by atoms with Gasteiger partial charge in [0, 0.05) is 51.1 Å².